The Bertz CT molecular complexity index is 151. The van der Waals surface area contributed by atoms with E-state index in [4.69, 9.17) is 0 Å². The van der Waals surface area contributed by atoms with E-state index in [1.807, 2.05) is 0 Å². The Labute approximate surface area is 84.3 Å². The molecule has 0 spiro atoms. The van der Waals surface area contributed by atoms with E-state index in [0.29, 0.717) is 0 Å². The Balaban J connectivity index is 2.27. The predicted octanol–water partition coefficient (Wildman–Crippen LogP) is 3.03. The first-order valence-corrected chi connectivity index (χ1v) is 9.43. The summed E-state index contributed by atoms with van der Waals surface area (Å²) in [6, 6.07) is 0.820. The molecule has 1 nitrogen and oxygen atoms in total. The van der Waals surface area contributed by atoms with E-state index in [1.54, 1.807) is 0 Å². The molecule has 2 atom stereocenters. The second-order valence-electron chi connectivity index (χ2n) is 5.81. The molecule has 0 saturated heterocycles. The van der Waals surface area contributed by atoms with E-state index in [1.165, 1.54) is 31.9 Å². The Morgan fingerprint density at radius 1 is 1.15 bits per heavy atom. The van der Waals surface area contributed by atoms with Gasteiger partial charge in [-0.1, -0.05) is 39.4 Å². The van der Waals surface area contributed by atoms with Gasteiger partial charge in [-0.05, 0) is 24.9 Å². The largest absolute Gasteiger partial charge is 0.316 e. The Morgan fingerprint density at radius 2 is 1.77 bits per heavy atom. The van der Waals surface area contributed by atoms with Crippen LogP contribution >= 0.6 is 0 Å². The Kier molecular flexibility index (Phi) is 3.99. The van der Waals surface area contributed by atoms with Crippen molar-refractivity contribution >= 4 is 8.07 Å². The maximum absolute atomic E-state index is 3.77. The Hall–Kier alpha value is 0.177. The fraction of sp³-hybridized carbons (Fsp3) is 1.00. The lowest BCUT2D eigenvalue weighted by Gasteiger charge is -2.31. The zero-order valence-corrected chi connectivity index (χ0v) is 10.7. The van der Waals surface area contributed by atoms with Crippen LogP contribution in [0, 0.1) is 5.92 Å². The molecule has 2 heteroatoms. The molecule has 1 aliphatic carbocycles. The van der Waals surface area contributed by atoms with Gasteiger partial charge in [-0.15, -0.1) is 0 Å². The maximum atomic E-state index is 3.77. The fourth-order valence-corrected chi connectivity index (χ4v) is 2.93. The molecule has 1 aliphatic rings. The van der Waals surface area contributed by atoms with Crippen LogP contribution in [0.5, 0.6) is 0 Å². The van der Waals surface area contributed by atoms with Crippen LogP contribution in [-0.2, 0) is 0 Å². The second-order valence-corrected chi connectivity index (χ2v) is 11.3. The summed E-state index contributed by atoms with van der Waals surface area (Å²) in [6.45, 7) is 9.72. The normalized spacial score (nSPS) is 30.5. The molecule has 1 saturated carbocycles. The van der Waals surface area contributed by atoms with Crippen LogP contribution in [0.25, 0.3) is 0 Å². The van der Waals surface area contributed by atoms with Crippen molar-refractivity contribution in [1.29, 1.82) is 0 Å². The molecule has 78 valence electrons. The van der Waals surface area contributed by atoms with Gasteiger partial charge in [-0.2, -0.15) is 0 Å². The zero-order chi connectivity index (χ0) is 9.90. The minimum Gasteiger partial charge on any atom is -0.316 e. The van der Waals surface area contributed by atoms with Crippen molar-refractivity contribution in [3.8, 4) is 0 Å². The first kappa shape index (κ1) is 11.3. The average molecular weight is 199 g/mol. The third-order valence-electron chi connectivity index (χ3n) is 3.01. The van der Waals surface area contributed by atoms with Crippen molar-refractivity contribution in [2.24, 2.45) is 5.92 Å². The second kappa shape index (κ2) is 4.60. The maximum Gasteiger partial charge on any atom is 0.0596 e. The molecule has 13 heavy (non-hydrogen) atoms. The van der Waals surface area contributed by atoms with E-state index < -0.39 is 8.07 Å². The lowest BCUT2D eigenvalue weighted by atomic mass is 9.86. The highest BCUT2D eigenvalue weighted by Crippen LogP contribution is 2.23. The summed E-state index contributed by atoms with van der Waals surface area (Å²) in [5.74, 6) is 0.907. The van der Waals surface area contributed by atoms with Crippen molar-refractivity contribution in [2.75, 3.05) is 6.17 Å². The smallest absolute Gasteiger partial charge is 0.0596 e. The van der Waals surface area contributed by atoms with Gasteiger partial charge in [0.1, 0.15) is 0 Å². The molecule has 0 aromatic rings. The number of hydrogen-bond donors (Lipinski definition) is 1. The molecule has 0 heterocycles. The monoisotopic (exact) mass is 199 g/mol. The average Bonchev–Trinajstić information content (AvgIpc) is 2.01. The molecule has 0 bridgehead atoms. The minimum atomic E-state index is -0.882. The Morgan fingerprint density at radius 3 is 2.31 bits per heavy atom. The van der Waals surface area contributed by atoms with E-state index in [-0.39, 0.29) is 0 Å². The molecule has 1 rings (SSSR count). The van der Waals surface area contributed by atoms with Gasteiger partial charge >= 0.3 is 0 Å². The van der Waals surface area contributed by atoms with Gasteiger partial charge < -0.3 is 5.32 Å². The van der Waals surface area contributed by atoms with Crippen LogP contribution in [-0.4, -0.2) is 20.3 Å². The minimum absolute atomic E-state index is 0.820. The van der Waals surface area contributed by atoms with Gasteiger partial charge in [0, 0.05) is 6.04 Å². The standard InChI is InChI=1S/C11H25NSi/c1-10-7-5-6-8-11(10)12-9-13(2,3)4/h10-12H,5-9H2,1-4H3. The first-order chi connectivity index (χ1) is 5.99. The number of nitrogens with one attached hydrogen (secondary N) is 1. The molecule has 0 aromatic carbocycles. The van der Waals surface area contributed by atoms with E-state index in [0.717, 1.165) is 12.0 Å². The highest BCUT2D eigenvalue weighted by molar-refractivity contribution is 6.76. The van der Waals surface area contributed by atoms with Crippen LogP contribution in [0.15, 0.2) is 0 Å². The summed E-state index contributed by atoms with van der Waals surface area (Å²) in [5, 5.41) is 3.77. The molecular formula is C11H25NSi. The molecule has 0 radical (unpaired) electrons. The molecule has 1 N–H and O–H groups in total. The van der Waals surface area contributed by atoms with Crippen molar-refractivity contribution in [2.45, 2.75) is 58.3 Å². The molecule has 1 fully saturated rings. The molecule has 0 aromatic heterocycles. The van der Waals surface area contributed by atoms with Gasteiger partial charge in [-0.25, -0.2) is 0 Å². The van der Waals surface area contributed by atoms with Crippen LogP contribution in [0.2, 0.25) is 19.6 Å². The summed E-state index contributed by atoms with van der Waals surface area (Å²) in [7, 11) is -0.882. The summed E-state index contributed by atoms with van der Waals surface area (Å²) >= 11 is 0. The SMILES string of the molecule is CC1CCCCC1NC[Si](C)(C)C. The number of hydrogen-bond acceptors (Lipinski definition) is 1. The van der Waals surface area contributed by atoms with Crippen LogP contribution in [0.4, 0.5) is 0 Å². The van der Waals surface area contributed by atoms with Gasteiger partial charge in [0.05, 0.1) is 8.07 Å². The summed E-state index contributed by atoms with van der Waals surface area (Å²) in [4.78, 5) is 0. The summed E-state index contributed by atoms with van der Waals surface area (Å²) in [5.41, 5.74) is 0. The van der Waals surface area contributed by atoms with Crippen LogP contribution in [0.1, 0.15) is 32.6 Å². The predicted molar refractivity (Wildman–Crippen MR) is 62.8 cm³/mol. The van der Waals surface area contributed by atoms with Gasteiger partial charge in [-0.3, -0.25) is 0 Å². The topological polar surface area (TPSA) is 12.0 Å². The lowest BCUT2D eigenvalue weighted by molar-refractivity contribution is 0.290. The highest BCUT2D eigenvalue weighted by Gasteiger charge is 2.22. The van der Waals surface area contributed by atoms with Gasteiger partial charge in [0.15, 0.2) is 0 Å². The van der Waals surface area contributed by atoms with E-state index in [9.17, 15) is 0 Å². The zero-order valence-electron chi connectivity index (χ0n) is 9.69. The molecule has 0 amide bonds. The summed E-state index contributed by atoms with van der Waals surface area (Å²) in [6.07, 6.45) is 7.02. The van der Waals surface area contributed by atoms with Gasteiger partial charge in [0.2, 0.25) is 0 Å². The third-order valence-corrected chi connectivity index (χ3v) is 4.27. The van der Waals surface area contributed by atoms with Crippen molar-refractivity contribution < 1.29 is 0 Å². The van der Waals surface area contributed by atoms with Gasteiger partial charge in [0.25, 0.3) is 0 Å². The van der Waals surface area contributed by atoms with E-state index in [2.05, 4.69) is 31.9 Å². The first-order valence-electron chi connectivity index (χ1n) is 5.72. The van der Waals surface area contributed by atoms with E-state index >= 15 is 0 Å². The van der Waals surface area contributed by atoms with Crippen LogP contribution < -0.4 is 5.32 Å². The molecular weight excluding hydrogens is 174 g/mol. The molecule has 0 aliphatic heterocycles. The quantitative estimate of drug-likeness (QED) is 0.689. The van der Waals surface area contributed by atoms with Crippen molar-refractivity contribution in [1.82, 2.24) is 5.32 Å². The van der Waals surface area contributed by atoms with Crippen molar-refractivity contribution in [3.63, 3.8) is 0 Å². The summed E-state index contributed by atoms with van der Waals surface area (Å²) < 4.78 is 0. The number of rotatable bonds is 3. The third kappa shape index (κ3) is 4.27. The fourth-order valence-electron chi connectivity index (χ4n) is 2.06. The highest BCUT2D eigenvalue weighted by atomic mass is 28.3. The van der Waals surface area contributed by atoms with Crippen LogP contribution in [0.3, 0.4) is 0 Å². The lowest BCUT2D eigenvalue weighted by Crippen LogP contribution is -2.45. The molecule has 2 unspecified atom stereocenters. The van der Waals surface area contributed by atoms with Crippen molar-refractivity contribution in [3.05, 3.63) is 0 Å².